The smallest absolute Gasteiger partial charge is 0.358 e. The molecule has 3 nitrogen and oxygen atoms in total. The molecule has 0 aliphatic carbocycles. The van der Waals surface area contributed by atoms with E-state index in [1.165, 1.54) is 0 Å². The molecule has 5 heteroatoms. The minimum absolute atomic E-state index is 0.245. The number of carbonyl (C=O) groups is 1. The number of carbonyl (C=O) groups excluding carboxylic acids is 1. The van der Waals surface area contributed by atoms with Gasteiger partial charge in [-0.2, -0.15) is 0 Å². The van der Waals surface area contributed by atoms with Crippen molar-refractivity contribution in [3.63, 3.8) is 0 Å². The fraction of sp³-hybridized carbons (Fsp3) is 0.400. The Labute approximate surface area is 66.0 Å². The van der Waals surface area contributed by atoms with E-state index >= 15 is 0 Å². The van der Waals surface area contributed by atoms with Crippen LogP contribution in [0.5, 0.6) is 0 Å². The molecule has 0 amide bonds. The Bertz CT molecular complexity index is 144. The standard InChI is InChI=1S/C5H12O3Si2/c1-3-4(2)5(6)7-10-8-9/h3H,10H2,1-2,9H3. The highest BCUT2D eigenvalue weighted by atomic mass is 28.3. The van der Waals surface area contributed by atoms with Gasteiger partial charge in [-0.1, -0.05) is 6.08 Å². The third-order valence-electron chi connectivity index (χ3n) is 1.06. The predicted molar refractivity (Wildman–Crippen MR) is 45.1 cm³/mol. The van der Waals surface area contributed by atoms with Crippen molar-refractivity contribution in [2.45, 2.75) is 13.8 Å². The van der Waals surface area contributed by atoms with E-state index in [2.05, 4.69) is 0 Å². The Hall–Kier alpha value is -0.396. The van der Waals surface area contributed by atoms with E-state index in [0.29, 0.717) is 16.1 Å². The number of hydrogen-bond donors (Lipinski definition) is 0. The van der Waals surface area contributed by atoms with Crippen molar-refractivity contribution in [2.24, 2.45) is 0 Å². The van der Waals surface area contributed by atoms with Gasteiger partial charge in [0.25, 0.3) is 0 Å². The molecule has 0 unspecified atom stereocenters. The third-order valence-corrected chi connectivity index (χ3v) is 2.39. The van der Waals surface area contributed by atoms with Crippen LogP contribution in [0.25, 0.3) is 0 Å². The molecule has 58 valence electrons. The first-order valence-electron chi connectivity index (χ1n) is 3.01. The highest BCUT2D eigenvalue weighted by Gasteiger charge is 2.01. The van der Waals surface area contributed by atoms with E-state index in [-0.39, 0.29) is 5.97 Å². The average Bonchev–Trinajstić information content (AvgIpc) is 1.98. The molecule has 0 aliphatic rings. The molecule has 0 saturated carbocycles. The summed E-state index contributed by atoms with van der Waals surface area (Å²) in [6.07, 6.45) is 1.73. The summed E-state index contributed by atoms with van der Waals surface area (Å²) in [7, 11) is -0.350. The largest absolute Gasteiger partial charge is 0.497 e. The lowest BCUT2D eigenvalue weighted by atomic mass is 10.3. The number of rotatable bonds is 3. The fourth-order valence-electron chi connectivity index (χ4n) is 0.344. The van der Waals surface area contributed by atoms with Crippen molar-refractivity contribution in [1.29, 1.82) is 0 Å². The maximum absolute atomic E-state index is 10.8. The molecule has 0 saturated heterocycles. The molecule has 0 spiro atoms. The summed E-state index contributed by atoms with van der Waals surface area (Å²) in [5.74, 6) is -0.245. The number of allylic oxidation sites excluding steroid dienone is 1. The van der Waals surface area contributed by atoms with Crippen LogP contribution in [0.1, 0.15) is 13.8 Å². The van der Waals surface area contributed by atoms with Crippen LogP contribution in [0, 0.1) is 0 Å². The second-order valence-corrected chi connectivity index (χ2v) is 4.64. The molecule has 0 aromatic rings. The Morgan fingerprint density at radius 3 is 2.70 bits per heavy atom. The summed E-state index contributed by atoms with van der Waals surface area (Å²) in [5, 5.41) is 0. The Balaban J connectivity index is 3.63. The molecular weight excluding hydrogens is 164 g/mol. The summed E-state index contributed by atoms with van der Waals surface area (Å²) in [6.45, 7) is 3.53. The van der Waals surface area contributed by atoms with Gasteiger partial charge >= 0.3 is 16.0 Å². The van der Waals surface area contributed by atoms with Crippen LogP contribution in [-0.4, -0.2) is 26.5 Å². The third kappa shape index (κ3) is 3.60. The van der Waals surface area contributed by atoms with E-state index in [0.717, 1.165) is 0 Å². The van der Waals surface area contributed by atoms with Crippen LogP contribution >= 0.6 is 0 Å². The summed E-state index contributed by atoms with van der Waals surface area (Å²) in [6, 6.07) is 0. The summed E-state index contributed by atoms with van der Waals surface area (Å²) < 4.78 is 9.60. The second kappa shape index (κ2) is 5.39. The molecule has 0 bridgehead atoms. The normalized spacial score (nSPS) is 12.8. The van der Waals surface area contributed by atoms with E-state index in [4.69, 9.17) is 8.54 Å². The molecule has 0 aliphatic heterocycles. The maximum Gasteiger partial charge on any atom is 0.358 e. The van der Waals surface area contributed by atoms with Crippen LogP contribution < -0.4 is 0 Å². The van der Waals surface area contributed by atoms with Gasteiger partial charge in [0.2, 0.25) is 0 Å². The highest BCUT2D eigenvalue weighted by Crippen LogP contribution is 1.93. The van der Waals surface area contributed by atoms with Crippen molar-refractivity contribution in [1.82, 2.24) is 0 Å². The van der Waals surface area contributed by atoms with Gasteiger partial charge in [-0.25, -0.2) is 4.79 Å². The lowest BCUT2D eigenvalue weighted by molar-refractivity contribution is -0.130. The van der Waals surface area contributed by atoms with Crippen LogP contribution in [0.15, 0.2) is 11.6 Å². The van der Waals surface area contributed by atoms with Gasteiger partial charge in [0, 0.05) is 5.57 Å². The number of hydrogen-bond acceptors (Lipinski definition) is 3. The van der Waals surface area contributed by atoms with Crippen molar-refractivity contribution in [3.8, 4) is 0 Å². The summed E-state index contributed by atoms with van der Waals surface area (Å²) >= 11 is 0. The topological polar surface area (TPSA) is 35.5 Å². The first-order chi connectivity index (χ1) is 4.72. The zero-order valence-corrected chi connectivity index (χ0v) is 9.92. The Morgan fingerprint density at radius 2 is 2.30 bits per heavy atom. The van der Waals surface area contributed by atoms with Crippen molar-refractivity contribution >= 4 is 26.5 Å². The molecule has 0 radical (unpaired) electrons. The van der Waals surface area contributed by atoms with Crippen LogP contribution in [-0.2, 0) is 13.3 Å². The van der Waals surface area contributed by atoms with Crippen molar-refractivity contribution in [2.75, 3.05) is 0 Å². The average molecular weight is 176 g/mol. The quantitative estimate of drug-likeness (QED) is 0.400. The van der Waals surface area contributed by atoms with E-state index in [9.17, 15) is 4.79 Å². The minimum Gasteiger partial charge on any atom is -0.497 e. The Kier molecular flexibility index (Phi) is 5.18. The van der Waals surface area contributed by atoms with Gasteiger partial charge in [-0.05, 0) is 13.8 Å². The van der Waals surface area contributed by atoms with Crippen LogP contribution in [0.4, 0.5) is 0 Å². The van der Waals surface area contributed by atoms with E-state index in [1.54, 1.807) is 19.9 Å². The van der Waals surface area contributed by atoms with E-state index < -0.39 is 10.0 Å². The van der Waals surface area contributed by atoms with Gasteiger partial charge < -0.3 is 8.54 Å². The first kappa shape index (κ1) is 9.60. The van der Waals surface area contributed by atoms with Crippen LogP contribution in [0.3, 0.4) is 0 Å². The van der Waals surface area contributed by atoms with Gasteiger partial charge in [0.05, 0.1) is 0 Å². The van der Waals surface area contributed by atoms with Gasteiger partial charge in [-0.15, -0.1) is 0 Å². The molecule has 0 N–H and O–H groups in total. The molecule has 0 rings (SSSR count). The first-order valence-corrected chi connectivity index (χ1v) is 4.98. The molecule has 0 atom stereocenters. The molecule has 0 heterocycles. The zero-order valence-electron chi connectivity index (χ0n) is 6.51. The SMILES string of the molecule is CC=C(C)C(=O)O[SiH2]O[SiH3]. The molecule has 0 aromatic carbocycles. The summed E-state index contributed by atoms with van der Waals surface area (Å²) in [4.78, 5) is 10.8. The minimum atomic E-state index is -1.01. The zero-order chi connectivity index (χ0) is 7.98. The van der Waals surface area contributed by atoms with Crippen molar-refractivity contribution < 1.29 is 13.3 Å². The molecule has 10 heavy (non-hydrogen) atoms. The predicted octanol–water partition coefficient (Wildman–Crippen LogP) is -1.21. The Morgan fingerprint density at radius 1 is 1.70 bits per heavy atom. The monoisotopic (exact) mass is 176 g/mol. The van der Waals surface area contributed by atoms with Gasteiger partial charge in [0.15, 0.2) is 0 Å². The lowest BCUT2D eigenvalue weighted by Gasteiger charge is -2.01. The van der Waals surface area contributed by atoms with Crippen molar-refractivity contribution in [3.05, 3.63) is 11.6 Å². The molecular formula is C5H12O3Si2. The second-order valence-electron chi connectivity index (χ2n) is 1.81. The molecule has 0 aromatic heterocycles. The highest BCUT2D eigenvalue weighted by molar-refractivity contribution is 6.30. The van der Waals surface area contributed by atoms with Gasteiger partial charge in [-0.3, -0.25) is 0 Å². The van der Waals surface area contributed by atoms with Gasteiger partial charge in [0.1, 0.15) is 10.5 Å². The molecule has 0 fully saturated rings. The summed E-state index contributed by atoms with van der Waals surface area (Å²) in [5.41, 5.74) is 0.645. The van der Waals surface area contributed by atoms with Crippen LogP contribution in [0.2, 0.25) is 0 Å². The fourth-order valence-corrected chi connectivity index (χ4v) is 1.15. The lowest BCUT2D eigenvalue weighted by Crippen LogP contribution is -2.11. The van der Waals surface area contributed by atoms with E-state index in [1.807, 2.05) is 0 Å². The maximum atomic E-state index is 10.8.